The number of hydrogen-bond acceptors (Lipinski definition) is 3. The van der Waals surface area contributed by atoms with Crippen molar-refractivity contribution < 1.29 is 14.7 Å². The van der Waals surface area contributed by atoms with Gasteiger partial charge in [-0.25, -0.2) is 4.79 Å². The van der Waals surface area contributed by atoms with Crippen LogP contribution in [0.15, 0.2) is 42.7 Å². The quantitative estimate of drug-likeness (QED) is 0.820. The van der Waals surface area contributed by atoms with E-state index in [1.54, 1.807) is 23.0 Å². The van der Waals surface area contributed by atoms with Crippen molar-refractivity contribution in [2.24, 2.45) is 5.92 Å². The lowest BCUT2D eigenvalue weighted by Crippen LogP contribution is -2.41. The molecule has 122 valence electrons. The number of aromatic nitrogens is 2. The van der Waals surface area contributed by atoms with Crippen LogP contribution in [0.1, 0.15) is 36.2 Å². The molecular formula is C17H21N3O3. The summed E-state index contributed by atoms with van der Waals surface area (Å²) in [7, 11) is 0. The van der Waals surface area contributed by atoms with Gasteiger partial charge in [0.05, 0.1) is 6.54 Å². The minimum atomic E-state index is -1.01. The van der Waals surface area contributed by atoms with E-state index in [9.17, 15) is 14.7 Å². The lowest BCUT2D eigenvalue weighted by molar-refractivity contribution is -0.139. The number of nitrogens with zero attached hydrogens (tertiary/aromatic N) is 2. The number of amides is 1. The van der Waals surface area contributed by atoms with Gasteiger partial charge in [-0.1, -0.05) is 26.0 Å². The minimum absolute atomic E-state index is 0.188. The summed E-state index contributed by atoms with van der Waals surface area (Å²) in [6.07, 6.45) is 3.98. The summed E-state index contributed by atoms with van der Waals surface area (Å²) >= 11 is 0. The first-order valence-electron chi connectivity index (χ1n) is 7.55. The molecule has 2 aromatic rings. The number of benzene rings is 1. The van der Waals surface area contributed by atoms with Crippen LogP contribution in [-0.2, 0) is 11.3 Å². The van der Waals surface area contributed by atoms with Crippen LogP contribution < -0.4 is 5.32 Å². The molecule has 0 saturated carbocycles. The van der Waals surface area contributed by atoms with E-state index < -0.39 is 12.0 Å². The molecule has 1 atom stereocenters. The molecule has 0 bridgehead atoms. The van der Waals surface area contributed by atoms with Crippen LogP contribution in [0.3, 0.4) is 0 Å². The van der Waals surface area contributed by atoms with E-state index in [-0.39, 0.29) is 11.8 Å². The number of rotatable bonds is 7. The molecular weight excluding hydrogens is 294 g/mol. The van der Waals surface area contributed by atoms with Crippen molar-refractivity contribution in [2.75, 3.05) is 0 Å². The Balaban J connectivity index is 2.00. The molecule has 2 N–H and O–H groups in total. The number of carboxylic acids is 1. The van der Waals surface area contributed by atoms with Crippen molar-refractivity contribution in [2.45, 2.75) is 32.9 Å². The highest BCUT2D eigenvalue weighted by atomic mass is 16.4. The zero-order chi connectivity index (χ0) is 16.8. The van der Waals surface area contributed by atoms with Crippen LogP contribution in [0.25, 0.3) is 0 Å². The second-order valence-corrected chi connectivity index (χ2v) is 5.89. The Morgan fingerprint density at radius 2 is 1.96 bits per heavy atom. The summed E-state index contributed by atoms with van der Waals surface area (Å²) in [6.45, 7) is 4.47. The van der Waals surface area contributed by atoms with Crippen LogP contribution in [0.4, 0.5) is 0 Å². The maximum atomic E-state index is 12.2. The van der Waals surface area contributed by atoms with E-state index in [2.05, 4.69) is 10.4 Å². The van der Waals surface area contributed by atoms with Gasteiger partial charge in [-0.3, -0.25) is 9.48 Å². The molecule has 1 amide bonds. The van der Waals surface area contributed by atoms with E-state index in [1.807, 2.05) is 38.2 Å². The monoisotopic (exact) mass is 315 g/mol. The summed E-state index contributed by atoms with van der Waals surface area (Å²) in [5.41, 5.74) is 1.46. The Morgan fingerprint density at radius 1 is 1.26 bits per heavy atom. The van der Waals surface area contributed by atoms with Gasteiger partial charge in [0, 0.05) is 18.0 Å². The highest BCUT2D eigenvalue weighted by molar-refractivity contribution is 5.96. The van der Waals surface area contributed by atoms with Crippen LogP contribution in [0, 0.1) is 5.92 Å². The second-order valence-electron chi connectivity index (χ2n) is 5.89. The third-order valence-electron chi connectivity index (χ3n) is 3.43. The molecule has 0 aliphatic carbocycles. The van der Waals surface area contributed by atoms with E-state index in [1.165, 1.54) is 0 Å². The van der Waals surface area contributed by atoms with Gasteiger partial charge in [-0.05, 0) is 36.1 Å². The maximum absolute atomic E-state index is 12.2. The first-order valence-corrected chi connectivity index (χ1v) is 7.55. The van der Waals surface area contributed by atoms with E-state index >= 15 is 0 Å². The van der Waals surface area contributed by atoms with Gasteiger partial charge >= 0.3 is 5.97 Å². The summed E-state index contributed by atoms with van der Waals surface area (Å²) in [6, 6.07) is 8.06. The van der Waals surface area contributed by atoms with Gasteiger partial charge in [0.2, 0.25) is 0 Å². The number of carboxylic acid groups (broad SMARTS) is 1. The van der Waals surface area contributed by atoms with Crippen molar-refractivity contribution >= 4 is 11.9 Å². The SMILES string of the molecule is CC(C)C[C@@H](NC(=O)c1ccc(Cn2cccn2)cc1)C(=O)O. The zero-order valence-electron chi connectivity index (χ0n) is 13.3. The van der Waals surface area contributed by atoms with Crippen LogP contribution in [0.2, 0.25) is 0 Å². The summed E-state index contributed by atoms with van der Waals surface area (Å²) < 4.78 is 1.79. The van der Waals surface area contributed by atoms with Crippen LogP contribution >= 0.6 is 0 Å². The average Bonchev–Trinajstić information content (AvgIpc) is 2.99. The number of aliphatic carboxylic acids is 1. The van der Waals surface area contributed by atoms with Crippen LogP contribution in [-0.4, -0.2) is 32.8 Å². The zero-order valence-corrected chi connectivity index (χ0v) is 13.3. The molecule has 0 aliphatic heterocycles. The molecule has 1 heterocycles. The van der Waals surface area contributed by atoms with Crippen molar-refractivity contribution in [3.8, 4) is 0 Å². The fraction of sp³-hybridized carbons (Fsp3) is 0.353. The smallest absolute Gasteiger partial charge is 0.326 e. The van der Waals surface area contributed by atoms with Crippen molar-refractivity contribution in [3.05, 3.63) is 53.9 Å². The maximum Gasteiger partial charge on any atom is 0.326 e. The summed E-state index contributed by atoms with van der Waals surface area (Å²) in [5, 5.41) is 15.9. The van der Waals surface area contributed by atoms with Crippen molar-refractivity contribution in [1.29, 1.82) is 0 Å². The standard InChI is InChI=1S/C17H21N3O3/c1-12(2)10-15(17(22)23)19-16(21)14-6-4-13(5-7-14)11-20-9-3-8-18-20/h3-9,12,15H,10-11H2,1-2H3,(H,19,21)(H,22,23)/t15-/m1/s1. The molecule has 0 fully saturated rings. The topological polar surface area (TPSA) is 84.2 Å². The minimum Gasteiger partial charge on any atom is -0.480 e. The van der Waals surface area contributed by atoms with Gasteiger partial charge in [0.25, 0.3) is 5.91 Å². The first kappa shape index (κ1) is 16.7. The van der Waals surface area contributed by atoms with E-state index in [0.29, 0.717) is 18.5 Å². The van der Waals surface area contributed by atoms with Gasteiger partial charge in [-0.2, -0.15) is 5.10 Å². The lowest BCUT2D eigenvalue weighted by atomic mass is 10.0. The average molecular weight is 315 g/mol. The van der Waals surface area contributed by atoms with Crippen LogP contribution in [0.5, 0.6) is 0 Å². The molecule has 6 nitrogen and oxygen atoms in total. The molecule has 1 aromatic heterocycles. The normalized spacial score (nSPS) is 12.1. The molecule has 0 aliphatic rings. The van der Waals surface area contributed by atoms with Gasteiger partial charge in [0.15, 0.2) is 0 Å². The number of carbonyl (C=O) groups is 2. The number of nitrogens with one attached hydrogen (secondary N) is 1. The number of hydrogen-bond donors (Lipinski definition) is 2. The molecule has 0 radical (unpaired) electrons. The summed E-state index contributed by atoms with van der Waals surface area (Å²) in [5.74, 6) is -1.20. The molecule has 23 heavy (non-hydrogen) atoms. The Bertz CT molecular complexity index is 648. The molecule has 0 saturated heterocycles. The fourth-order valence-corrected chi connectivity index (χ4v) is 2.28. The second kappa shape index (κ2) is 7.58. The van der Waals surface area contributed by atoms with Gasteiger partial charge in [0.1, 0.15) is 6.04 Å². The predicted molar refractivity (Wildman–Crippen MR) is 86.1 cm³/mol. The van der Waals surface area contributed by atoms with E-state index in [4.69, 9.17) is 0 Å². The van der Waals surface area contributed by atoms with Crippen molar-refractivity contribution in [1.82, 2.24) is 15.1 Å². The third kappa shape index (κ3) is 4.95. The number of carbonyl (C=O) groups excluding carboxylic acids is 1. The summed E-state index contributed by atoms with van der Waals surface area (Å²) in [4.78, 5) is 23.4. The molecule has 0 unspecified atom stereocenters. The highest BCUT2D eigenvalue weighted by Gasteiger charge is 2.21. The highest BCUT2D eigenvalue weighted by Crippen LogP contribution is 2.09. The predicted octanol–water partition coefficient (Wildman–Crippen LogP) is 2.16. The Kier molecular flexibility index (Phi) is 5.51. The molecule has 0 spiro atoms. The molecule has 2 rings (SSSR count). The lowest BCUT2D eigenvalue weighted by Gasteiger charge is -2.16. The van der Waals surface area contributed by atoms with Gasteiger partial charge in [-0.15, -0.1) is 0 Å². The third-order valence-corrected chi connectivity index (χ3v) is 3.43. The van der Waals surface area contributed by atoms with Crippen molar-refractivity contribution in [3.63, 3.8) is 0 Å². The molecule has 1 aromatic carbocycles. The first-order chi connectivity index (χ1) is 11.0. The largest absolute Gasteiger partial charge is 0.480 e. The fourth-order valence-electron chi connectivity index (χ4n) is 2.28. The Hall–Kier alpha value is -2.63. The Labute approximate surface area is 135 Å². The Morgan fingerprint density at radius 3 is 2.48 bits per heavy atom. The van der Waals surface area contributed by atoms with Gasteiger partial charge < -0.3 is 10.4 Å². The van der Waals surface area contributed by atoms with E-state index in [0.717, 1.165) is 5.56 Å². The molecule has 6 heteroatoms.